The highest BCUT2D eigenvalue weighted by Gasteiger charge is 2.13. The Morgan fingerprint density at radius 2 is 2.16 bits per heavy atom. The van der Waals surface area contributed by atoms with Crippen LogP contribution in [-0.2, 0) is 4.74 Å². The smallest absolute Gasteiger partial charge is 0.374 e. The Labute approximate surface area is 112 Å². The van der Waals surface area contributed by atoms with Gasteiger partial charge in [0.05, 0.1) is 6.61 Å². The molecule has 2 aromatic rings. The van der Waals surface area contributed by atoms with Crippen molar-refractivity contribution in [1.82, 2.24) is 0 Å². The van der Waals surface area contributed by atoms with E-state index in [1.807, 2.05) is 0 Å². The zero-order chi connectivity index (χ0) is 13.8. The first-order chi connectivity index (χ1) is 9.06. The van der Waals surface area contributed by atoms with Crippen LogP contribution in [0.3, 0.4) is 0 Å². The van der Waals surface area contributed by atoms with Gasteiger partial charge in [-0.3, -0.25) is 0 Å². The summed E-state index contributed by atoms with van der Waals surface area (Å²) in [6.07, 6.45) is 1.92. The van der Waals surface area contributed by atoms with E-state index in [0.717, 1.165) is 18.2 Å². The molecule has 0 unspecified atom stereocenters. The molecule has 102 valence electrons. The molecule has 19 heavy (non-hydrogen) atoms. The summed E-state index contributed by atoms with van der Waals surface area (Å²) in [5.41, 5.74) is 6.96. The van der Waals surface area contributed by atoms with E-state index in [9.17, 15) is 4.79 Å². The Bertz CT molecular complexity index is 572. The van der Waals surface area contributed by atoms with Crippen LogP contribution in [0.5, 0.6) is 0 Å². The fraction of sp³-hybridized carbons (Fsp3) is 0.400. The van der Waals surface area contributed by atoms with Crippen LogP contribution in [0.2, 0.25) is 0 Å². The normalized spacial score (nSPS) is 11.1. The van der Waals surface area contributed by atoms with E-state index in [1.165, 1.54) is 0 Å². The lowest BCUT2D eigenvalue weighted by molar-refractivity contribution is 0.0461. The van der Waals surface area contributed by atoms with Crippen molar-refractivity contribution in [1.29, 1.82) is 0 Å². The molecule has 1 aromatic heterocycles. The summed E-state index contributed by atoms with van der Waals surface area (Å²) in [5.74, 6) is 0.427. The molecule has 0 spiro atoms. The van der Waals surface area contributed by atoms with Crippen LogP contribution in [0.1, 0.15) is 37.2 Å². The number of ether oxygens (including phenoxy) is 1. The van der Waals surface area contributed by atoms with Gasteiger partial charge in [0.15, 0.2) is 0 Å². The van der Waals surface area contributed by atoms with Gasteiger partial charge in [0.25, 0.3) is 0 Å². The van der Waals surface area contributed by atoms with Crippen LogP contribution >= 0.6 is 0 Å². The average Bonchev–Trinajstić information content (AvgIpc) is 2.77. The Morgan fingerprint density at radius 1 is 1.37 bits per heavy atom. The lowest BCUT2D eigenvalue weighted by Crippen LogP contribution is -2.05. The number of benzene rings is 1. The van der Waals surface area contributed by atoms with Crippen LogP contribution < -0.4 is 5.73 Å². The van der Waals surface area contributed by atoms with Gasteiger partial charge in [-0.1, -0.05) is 13.8 Å². The maximum absolute atomic E-state index is 11.8. The molecule has 4 heteroatoms. The number of hydrogen-bond donors (Lipinski definition) is 1. The number of hydrogen-bond acceptors (Lipinski definition) is 4. The Hall–Kier alpha value is -1.97. The van der Waals surface area contributed by atoms with Gasteiger partial charge in [0.1, 0.15) is 5.58 Å². The Balaban J connectivity index is 1.97. The van der Waals surface area contributed by atoms with Crippen molar-refractivity contribution in [3.8, 4) is 0 Å². The van der Waals surface area contributed by atoms with Crippen molar-refractivity contribution in [2.24, 2.45) is 5.92 Å². The van der Waals surface area contributed by atoms with E-state index in [0.29, 0.717) is 23.8 Å². The first-order valence-corrected chi connectivity index (χ1v) is 6.52. The van der Waals surface area contributed by atoms with E-state index in [4.69, 9.17) is 14.9 Å². The van der Waals surface area contributed by atoms with Crippen LogP contribution in [0.15, 0.2) is 28.7 Å². The number of furan rings is 1. The molecule has 0 radical (unpaired) electrons. The highest BCUT2D eigenvalue weighted by atomic mass is 16.5. The minimum absolute atomic E-state index is 0.227. The molecule has 4 nitrogen and oxygen atoms in total. The molecule has 0 fully saturated rings. The molecule has 0 saturated carbocycles. The van der Waals surface area contributed by atoms with Crippen molar-refractivity contribution >= 4 is 22.6 Å². The molecule has 0 atom stereocenters. The number of anilines is 1. The van der Waals surface area contributed by atoms with Crippen molar-refractivity contribution in [2.45, 2.75) is 26.7 Å². The molecule has 2 N–H and O–H groups in total. The van der Waals surface area contributed by atoms with E-state index >= 15 is 0 Å². The molecule has 0 saturated heterocycles. The number of nitrogen functional groups attached to an aromatic ring is 1. The minimum atomic E-state index is -0.418. The van der Waals surface area contributed by atoms with Gasteiger partial charge in [-0.15, -0.1) is 0 Å². The maximum Gasteiger partial charge on any atom is 0.374 e. The summed E-state index contributed by atoms with van der Waals surface area (Å²) < 4.78 is 10.6. The second kappa shape index (κ2) is 5.78. The number of rotatable bonds is 5. The number of esters is 1. The first kappa shape index (κ1) is 13.5. The first-order valence-electron chi connectivity index (χ1n) is 6.52. The Morgan fingerprint density at radius 3 is 2.89 bits per heavy atom. The van der Waals surface area contributed by atoms with Crippen LogP contribution in [-0.4, -0.2) is 12.6 Å². The van der Waals surface area contributed by atoms with Gasteiger partial charge in [0, 0.05) is 11.1 Å². The van der Waals surface area contributed by atoms with Crippen LogP contribution in [0.4, 0.5) is 5.69 Å². The molecule has 0 amide bonds. The summed E-state index contributed by atoms with van der Waals surface area (Å²) in [5, 5.41) is 0.814. The van der Waals surface area contributed by atoms with Crippen molar-refractivity contribution in [3.63, 3.8) is 0 Å². The summed E-state index contributed by atoms with van der Waals surface area (Å²) >= 11 is 0. The minimum Gasteiger partial charge on any atom is -0.460 e. The van der Waals surface area contributed by atoms with Gasteiger partial charge in [0.2, 0.25) is 5.76 Å². The average molecular weight is 261 g/mol. The van der Waals surface area contributed by atoms with E-state index in [2.05, 4.69) is 13.8 Å². The largest absolute Gasteiger partial charge is 0.460 e. The van der Waals surface area contributed by atoms with E-state index in [1.54, 1.807) is 24.3 Å². The topological polar surface area (TPSA) is 65.5 Å². The van der Waals surface area contributed by atoms with Gasteiger partial charge in [-0.2, -0.15) is 0 Å². The predicted octanol–water partition coefficient (Wildman–Crippen LogP) is 3.61. The highest BCUT2D eigenvalue weighted by Crippen LogP contribution is 2.22. The number of carbonyl (C=O) groups is 1. The quantitative estimate of drug-likeness (QED) is 0.507. The predicted molar refractivity (Wildman–Crippen MR) is 75.0 cm³/mol. The fourth-order valence-corrected chi connectivity index (χ4v) is 1.89. The zero-order valence-electron chi connectivity index (χ0n) is 11.3. The number of fused-ring (bicyclic) bond motifs is 1. The third-order valence-electron chi connectivity index (χ3n) is 2.90. The molecular weight excluding hydrogens is 242 g/mol. The summed E-state index contributed by atoms with van der Waals surface area (Å²) in [6, 6.07) is 6.93. The van der Waals surface area contributed by atoms with Gasteiger partial charge in [-0.05, 0) is 43.0 Å². The summed E-state index contributed by atoms with van der Waals surface area (Å²) in [7, 11) is 0. The van der Waals surface area contributed by atoms with Crippen molar-refractivity contribution < 1.29 is 13.9 Å². The zero-order valence-corrected chi connectivity index (χ0v) is 11.3. The van der Waals surface area contributed by atoms with Gasteiger partial charge >= 0.3 is 5.97 Å². The lowest BCUT2D eigenvalue weighted by atomic mass is 10.1. The monoisotopic (exact) mass is 261 g/mol. The van der Waals surface area contributed by atoms with Crippen molar-refractivity contribution in [3.05, 3.63) is 30.0 Å². The maximum atomic E-state index is 11.8. The van der Waals surface area contributed by atoms with Crippen LogP contribution in [0.25, 0.3) is 11.0 Å². The van der Waals surface area contributed by atoms with Crippen LogP contribution in [0, 0.1) is 5.92 Å². The fourth-order valence-electron chi connectivity index (χ4n) is 1.89. The number of nitrogens with two attached hydrogens (primary N) is 1. The molecule has 0 aliphatic rings. The summed E-state index contributed by atoms with van der Waals surface area (Å²) in [6.45, 7) is 4.72. The molecule has 1 heterocycles. The third kappa shape index (κ3) is 3.50. The standard InChI is InChI=1S/C15H19NO3/c1-10(2)4-3-7-18-15(17)14-9-11-8-12(16)5-6-13(11)19-14/h5-6,8-10H,3-4,7,16H2,1-2H3. The number of carbonyl (C=O) groups excluding carboxylic acids is 1. The van der Waals surface area contributed by atoms with Crippen molar-refractivity contribution in [2.75, 3.05) is 12.3 Å². The SMILES string of the molecule is CC(C)CCCOC(=O)c1cc2cc(N)ccc2o1. The molecular formula is C15H19NO3. The van der Waals surface area contributed by atoms with E-state index in [-0.39, 0.29) is 5.76 Å². The molecule has 0 aliphatic carbocycles. The molecule has 2 rings (SSSR count). The molecule has 0 bridgehead atoms. The highest BCUT2D eigenvalue weighted by molar-refractivity contribution is 5.93. The second-order valence-corrected chi connectivity index (χ2v) is 5.08. The summed E-state index contributed by atoms with van der Waals surface area (Å²) in [4.78, 5) is 11.8. The molecule has 0 aliphatic heterocycles. The van der Waals surface area contributed by atoms with E-state index < -0.39 is 5.97 Å². The second-order valence-electron chi connectivity index (χ2n) is 5.08. The lowest BCUT2D eigenvalue weighted by Gasteiger charge is -2.04. The van der Waals surface area contributed by atoms with Gasteiger partial charge < -0.3 is 14.9 Å². The molecule has 1 aromatic carbocycles. The Kier molecular flexibility index (Phi) is 4.10. The van der Waals surface area contributed by atoms with Gasteiger partial charge in [-0.25, -0.2) is 4.79 Å². The third-order valence-corrected chi connectivity index (χ3v) is 2.90.